The van der Waals surface area contributed by atoms with Gasteiger partial charge in [-0.25, -0.2) is 0 Å². The highest BCUT2D eigenvalue weighted by Gasteiger charge is 2.18. The van der Waals surface area contributed by atoms with Gasteiger partial charge in [-0.15, -0.1) is 21.5 Å². The highest BCUT2D eigenvalue weighted by atomic mass is 35.5. The topological polar surface area (TPSA) is 55.6 Å². The average Bonchev–Trinajstić information content (AvgIpc) is 2.87. The van der Waals surface area contributed by atoms with E-state index >= 15 is 0 Å². The Bertz CT molecular complexity index is 481. The van der Waals surface area contributed by atoms with Gasteiger partial charge in [0.2, 0.25) is 0 Å². The molecule has 17 heavy (non-hydrogen) atoms. The fourth-order valence-electron chi connectivity index (χ4n) is 1.65. The summed E-state index contributed by atoms with van der Waals surface area (Å²) in [5.41, 5.74) is 0. The molecule has 92 valence electrons. The molecule has 0 bridgehead atoms. The number of rotatable bonds is 5. The molecule has 0 aliphatic carbocycles. The quantitative estimate of drug-likeness (QED) is 0.901. The van der Waals surface area contributed by atoms with Crippen LogP contribution in [0.3, 0.4) is 0 Å². The summed E-state index contributed by atoms with van der Waals surface area (Å²) >= 11 is 7.80. The number of tetrazole rings is 1. The molecule has 0 fully saturated rings. The Labute approximate surface area is 109 Å². The molecule has 0 radical (unpaired) electrons. The second-order valence-electron chi connectivity index (χ2n) is 3.64. The molecule has 2 heterocycles. The Balaban J connectivity index is 2.15. The molecule has 0 aliphatic heterocycles. The van der Waals surface area contributed by atoms with Gasteiger partial charge in [0.15, 0.2) is 5.82 Å². The molecule has 0 amide bonds. The van der Waals surface area contributed by atoms with Gasteiger partial charge in [-0.05, 0) is 23.2 Å². The van der Waals surface area contributed by atoms with Crippen LogP contribution in [-0.2, 0) is 13.5 Å². The fourth-order valence-corrected chi connectivity index (χ4v) is 2.91. The van der Waals surface area contributed by atoms with Gasteiger partial charge in [0.25, 0.3) is 0 Å². The van der Waals surface area contributed by atoms with Gasteiger partial charge in [0, 0.05) is 11.3 Å². The molecule has 0 aliphatic rings. The number of hydrogen-bond donors (Lipinski definition) is 1. The van der Waals surface area contributed by atoms with Crippen molar-refractivity contribution in [2.75, 3.05) is 6.54 Å². The molecule has 5 nitrogen and oxygen atoms in total. The van der Waals surface area contributed by atoms with Crippen molar-refractivity contribution in [2.24, 2.45) is 7.05 Å². The lowest BCUT2D eigenvalue weighted by molar-refractivity contribution is 0.542. The predicted molar refractivity (Wildman–Crippen MR) is 68.2 cm³/mol. The third-order valence-electron chi connectivity index (χ3n) is 2.35. The predicted octanol–water partition coefficient (Wildman–Crippen LogP) is 1.82. The molecule has 0 saturated carbocycles. The number of thiophene rings is 1. The molecular formula is C10H14ClN5S. The lowest BCUT2D eigenvalue weighted by Gasteiger charge is -2.14. The summed E-state index contributed by atoms with van der Waals surface area (Å²) in [6, 6.07) is 2.06. The Morgan fingerprint density at radius 3 is 2.94 bits per heavy atom. The number of likely N-dealkylation sites (N-methyl/N-ethyl adjacent to an activating group) is 1. The maximum absolute atomic E-state index is 6.15. The third kappa shape index (κ3) is 3.02. The first-order valence-electron chi connectivity index (χ1n) is 5.40. The van der Waals surface area contributed by atoms with Crippen LogP contribution < -0.4 is 5.32 Å². The highest BCUT2D eigenvalue weighted by Crippen LogP contribution is 2.30. The van der Waals surface area contributed by atoms with E-state index in [0.29, 0.717) is 6.42 Å². The van der Waals surface area contributed by atoms with E-state index in [2.05, 4.69) is 27.7 Å². The number of nitrogens with one attached hydrogen (secondary N) is 1. The molecule has 1 atom stereocenters. The van der Waals surface area contributed by atoms with Gasteiger partial charge in [-0.2, -0.15) is 4.80 Å². The van der Waals surface area contributed by atoms with E-state index in [1.165, 1.54) is 4.80 Å². The number of halogens is 1. The first-order chi connectivity index (χ1) is 8.20. The van der Waals surface area contributed by atoms with Gasteiger partial charge < -0.3 is 5.32 Å². The first-order valence-corrected chi connectivity index (χ1v) is 6.65. The van der Waals surface area contributed by atoms with Crippen LogP contribution in [0.2, 0.25) is 5.02 Å². The van der Waals surface area contributed by atoms with Gasteiger partial charge in [-0.3, -0.25) is 0 Å². The van der Waals surface area contributed by atoms with E-state index in [1.54, 1.807) is 18.4 Å². The summed E-state index contributed by atoms with van der Waals surface area (Å²) in [7, 11) is 1.76. The summed E-state index contributed by atoms with van der Waals surface area (Å²) in [5.74, 6) is 0.725. The van der Waals surface area contributed by atoms with Crippen LogP contribution in [0.4, 0.5) is 0 Å². The van der Waals surface area contributed by atoms with Crippen molar-refractivity contribution in [2.45, 2.75) is 19.4 Å². The van der Waals surface area contributed by atoms with Crippen molar-refractivity contribution in [1.29, 1.82) is 0 Å². The second-order valence-corrected chi connectivity index (χ2v) is 5.00. The van der Waals surface area contributed by atoms with E-state index in [0.717, 1.165) is 22.3 Å². The molecule has 1 unspecified atom stereocenters. The number of aromatic nitrogens is 4. The van der Waals surface area contributed by atoms with E-state index in [-0.39, 0.29) is 6.04 Å². The number of aryl methyl sites for hydroxylation is 1. The van der Waals surface area contributed by atoms with Crippen molar-refractivity contribution in [3.63, 3.8) is 0 Å². The zero-order chi connectivity index (χ0) is 12.3. The Morgan fingerprint density at radius 2 is 2.41 bits per heavy atom. The van der Waals surface area contributed by atoms with Crippen LogP contribution in [0.15, 0.2) is 11.4 Å². The third-order valence-corrected chi connectivity index (χ3v) is 3.82. The van der Waals surface area contributed by atoms with Crippen molar-refractivity contribution >= 4 is 22.9 Å². The number of hydrogen-bond acceptors (Lipinski definition) is 5. The maximum atomic E-state index is 6.15. The summed E-state index contributed by atoms with van der Waals surface area (Å²) in [4.78, 5) is 2.59. The van der Waals surface area contributed by atoms with Crippen molar-refractivity contribution < 1.29 is 0 Å². The largest absolute Gasteiger partial charge is 0.309 e. The Morgan fingerprint density at radius 1 is 1.59 bits per heavy atom. The summed E-state index contributed by atoms with van der Waals surface area (Å²) in [6.45, 7) is 2.94. The zero-order valence-corrected chi connectivity index (χ0v) is 11.3. The van der Waals surface area contributed by atoms with Crippen LogP contribution >= 0.6 is 22.9 Å². The smallest absolute Gasteiger partial charge is 0.176 e. The van der Waals surface area contributed by atoms with Crippen LogP contribution in [0.1, 0.15) is 23.7 Å². The molecule has 0 spiro atoms. The summed E-state index contributed by atoms with van der Waals surface area (Å²) in [6.07, 6.45) is 0.696. The second kappa shape index (κ2) is 5.57. The minimum Gasteiger partial charge on any atom is -0.309 e. The van der Waals surface area contributed by atoms with Gasteiger partial charge >= 0.3 is 0 Å². The van der Waals surface area contributed by atoms with E-state index in [9.17, 15) is 0 Å². The van der Waals surface area contributed by atoms with Gasteiger partial charge in [-0.1, -0.05) is 18.5 Å². The minimum absolute atomic E-state index is 0.150. The van der Waals surface area contributed by atoms with E-state index < -0.39 is 0 Å². The van der Waals surface area contributed by atoms with Crippen LogP contribution in [0.5, 0.6) is 0 Å². The van der Waals surface area contributed by atoms with Crippen LogP contribution in [-0.4, -0.2) is 26.8 Å². The molecule has 7 heteroatoms. The zero-order valence-electron chi connectivity index (χ0n) is 9.72. The SMILES string of the molecule is CCNC(Cc1nnn(C)n1)c1sccc1Cl. The van der Waals surface area contributed by atoms with Gasteiger partial charge in [0.05, 0.1) is 18.1 Å². The monoisotopic (exact) mass is 271 g/mol. The normalized spacial score (nSPS) is 12.9. The lowest BCUT2D eigenvalue weighted by Crippen LogP contribution is -2.22. The highest BCUT2D eigenvalue weighted by molar-refractivity contribution is 7.10. The van der Waals surface area contributed by atoms with Crippen LogP contribution in [0.25, 0.3) is 0 Å². The summed E-state index contributed by atoms with van der Waals surface area (Å²) < 4.78 is 0. The van der Waals surface area contributed by atoms with E-state index in [4.69, 9.17) is 11.6 Å². The van der Waals surface area contributed by atoms with Crippen molar-refractivity contribution in [1.82, 2.24) is 25.5 Å². The molecule has 0 aromatic carbocycles. The van der Waals surface area contributed by atoms with Crippen LogP contribution in [0, 0.1) is 0 Å². The molecule has 2 aromatic heterocycles. The molecule has 0 saturated heterocycles. The average molecular weight is 272 g/mol. The lowest BCUT2D eigenvalue weighted by atomic mass is 10.1. The molecule has 2 aromatic rings. The van der Waals surface area contributed by atoms with E-state index in [1.807, 2.05) is 11.4 Å². The van der Waals surface area contributed by atoms with Gasteiger partial charge in [0.1, 0.15) is 0 Å². The molecule has 1 N–H and O–H groups in total. The van der Waals surface area contributed by atoms with Crippen molar-refractivity contribution in [3.05, 3.63) is 27.2 Å². The minimum atomic E-state index is 0.150. The van der Waals surface area contributed by atoms with Crippen molar-refractivity contribution in [3.8, 4) is 0 Å². The number of nitrogens with zero attached hydrogens (tertiary/aromatic N) is 4. The Hall–Kier alpha value is -0.980. The maximum Gasteiger partial charge on any atom is 0.176 e. The Kier molecular flexibility index (Phi) is 4.09. The summed E-state index contributed by atoms with van der Waals surface area (Å²) in [5, 5.41) is 18.2. The molecule has 2 rings (SSSR count). The molecular weight excluding hydrogens is 258 g/mol. The standard InChI is InChI=1S/C10H14ClN5S/c1-3-12-8(10-7(11)4-5-17-10)6-9-13-15-16(2)14-9/h4-5,8,12H,3,6H2,1-2H3. The fraction of sp³-hybridized carbons (Fsp3) is 0.500. The first kappa shape index (κ1) is 12.5.